The van der Waals surface area contributed by atoms with E-state index in [1.165, 1.54) is 6.07 Å². The fraction of sp³-hybridized carbons (Fsp3) is 0.467. The molecule has 20 heavy (non-hydrogen) atoms. The monoisotopic (exact) mass is 278 g/mol. The molecule has 0 radical (unpaired) electrons. The van der Waals surface area contributed by atoms with Crippen LogP contribution in [0, 0.1) is 17.1 Å². The second-order valence-corrected chi connectivity index (χ2v) is 4.42. The third kappa shape index (κ3) is 5.70. The fourth-order valence-electron chi connectivity index (χ4n) is 1.70. The summed E-state index contributed by atoms with van der Waals surface area (Å²) in [5.74, 6) is -0.402. The third-order valence-corrected chi connectivity index (χ3v) is 2.71. The SMILES string of the molecule is CCCC(C#N)NC(=O)CCCOc1ccccc1F. The summed E-state index contributed by atoms with van der Waals surface area (Å²) in [4.78, 5) is 11.6. The van der Waals surface area contributed by atoms with Gasteiger partial charge in [-0.1, -0.05) is 25.5 Å². The predicted octanol–water partition coefficient (Wildman–Crippen LogP) is 2.79. The third-order valence-electron chi connectivity index (χ3n) is 2.71. The van der Waals surface area contributed by atoms with Crippen LogP contribution in [0.5, 0.6) is 5.75 Å². The first-order valence-electron chi connectivity index (χ1n) is 6.73. The molecular formula is C15H19FN2O2. The van der Waals surface area contributed by atoms with E-state index >= 15 is 0 Å². The van der Waals surface area contributed by atoms with Crippen LogP contribution in [0.25, 0.3) is 0 Å². The Morgan fingerprint density at radius 1 is 1.50 bits per heavy atom. The molecular weight excluding hydrogens is 259 g/mol. The van der Waals surface area contributed by atoms with Crippen molar-refractivity contribution in [3.8, 4) is 11.8 Å². The summed E-state index contributed by atoms with van der Waals surface area (Å²) < 4.78 is 18.5. The van der Waals surface area contributed by atoms with Crippen molar-refractivity contribution in [1.29, 1.82) is 5.26 Å². The molecule has 1 aromatic rings. The van der Waals surface area contributed by atoms with Crippen molar-refractivity contribution in [1.82, 2.24) is 5.32 Å². The number of amides is 1. The molecule has 0 saturated carbocycles. The van der Waals surface area contributed by atoms with E-state index in [0.29, 0.717) is 12.8 Å². The van der Waals surface area contributed by atoms with Gasteiger partial charge < -0.3 is 10.1 Å². The van der Waals surface area contributed by atoms with E-state index in [2.05, 4.69) is 5.32 Å². The molecule has 0 aliphatic heterocycles. The molecule has 1 rings (SSSR count). The van der Waals surface area contributed by atoms with E-state index in [1.807, 2.05) is 13.0 Å². The molecule has 0 aliphatic carbocycles. The first kappa shape index (κ1) is 16.0. The van der Waals surface area contributed by atoms with Crippen LogP contribution in [-0.2, 0) is 4.79 Å². The van der Waals surface area contributed by atoms with E-state index in [9.17, 15) is 9.18 Å². The summed E-state index contributed by atoms with van der Waals surface area (Å²) in [7, 11) is 0. The molecule has 0 aromatic heterocycles. The minimum Gasteiger partial charge on any atom is -0.491 e. The number of nitrogens with one attached hydrogen (secondary N) is 1. The van der Waals surface area contributed by atoms with Gasteiger partial charge in [-0.15, -0.1) is 0 Å². The lowest BCUT2D eigenvalue weighted by Crippen LogP contribution is -2.33. The van der Waals surface area contributed by atoms with Crippen molar-refractivity contribution in [3.05, 3.63) is 30.1 Å². The van der Waals surface area contributed by atoms with Gasteiger partial charge in [0, 0.05) is 6.42 Å². The van der Waals surface area contributed by atoms with Gasteiger partial charge in [0.2, 0.25) is 5.91 Å². The zero-order chi connectivity index (χ0) is 14.8. The Labute approximate surface area is 118 Å². The number of hydrogen-bond acceptors (Lipinski definition) is 3. The second kappa shape index (κ2) is 8.92. The van der Waals surface area contributed by atoms with Gasteiger partial charge in [0.05, 0.1) is 12.7 Å². The average Bonchev–Trinajstić information content (AvgIpc) is 2.45. The lowest BCUT2D eigenvalue weighted by atomic mass is 10.2. The van der Waals surface area contributed by atoms with Crippen LogP contribution in [0.1, 0.15) is 32.6 Å². The number of benzene rings is 1. The molecule has 5 heteroatoms. The molecule has 1 N–H and O–H groups in total. The van der Waals surface area contributed by atoms with Crippen LogP contribution in [0.2, 0.25) is 0 Å². The Kier molecular flexibility index (Phi) is 7.12. The Hall–Kier alpha value is -2.09. The summed E-state index contributed by atoms with van der Waals surface area (Å²) in [5.41, 5.74) is 0. The summed E-state index contributed by atoms with van der Waals surface area (Å²) in [6.07, 6.45) is 2.23. The molecule has 0 heterocycles. The number of carbonyl (C=O) groups excluding carboxylic acids is 1. The highest BCUT2D eigenvalue weighted by atomic mass is 19.1. The number of halogens is 1. The molecule has 0 aliphatic rings. The van der Waals surface area contributed by atoms with Crippen LogP contribution in [-0.4, -0.2) is 18.6 Å². The lowest BCUT2D eigenvalue weighted by molar-refractivity contribution is -0.121. The molecule has 0 bridgehead atoms. The van der Waals surface area contributed by atoms with Crippen molar-refractivity contribution < 1.29 is 13.9 Å². The summed E-state index contributed by atoms with van der Waals surface area (Å²) >= 11 is 0. The van der Waals surface area contributed by atoms with Crippen LogP contribution < -0.4 is 10.1 Å². The van der Waals surface area contributed by atoms with E-state index in [0.717, 1.165) is 6.42 Å². The molecule has 4 nitrogen and oxygen atoms in total. The Morgan fingerprint density at radius 2 is 2.25 bits per heavy atom. The van der Waals surface area contributed by atoms with Crippen LogP contribution in [0.4, 0.5) is 4.39 Å². The van der Waals surface area contributed by atoms with Gasteiger partial charge in [-0.3, -0.25) is 4.79 Å². The van der Waals surface area contributed by atoms with E-state index in [-0.39, 0.29) is 24.7 Å². The topological polar surface area (TPSA) is 62.1 Å². The highest BCUT2D eigenvalue weighted by molar-refractivity contribution is 5.76. The maximum atomic E-state index is 13.2. The molecule has 1 aromatic carbocycles. The Bertz CT molecular complexity index is 471. The number of ether oxygens (including phenoxy) is 1. The van der Waals surface area contributed by atoms with E-state index < -0.39 is 11.9 Å². The average molecular weight is 278 g/mol. The van der Waals surface area contributed by atoms with Crippen LogP contribution in [0.15, 0.2) is 24.3 Å². The minimum atomic E-state index is -0.431. The standard InChI is InChI=1S/C15H19FN2O2/c1-2-6-12(11-17)18-15(19)9-5-10-20-14-8-4-3-7-13(14)16/h3-4,7-8,12H,2,5-6,9-10H2,1H3,(H,18,19). The summed E-state index contributed by atoms with van der Waals surface area (Å²) in [6.45, 7) is 2.22. The van der Waals surface area contributed by atoms with Gasteiger partial charge in [-0.05, 0) is 25.0 Å². The minimum absolute atomic E-state index is 0.179. The Morgan fingerprint density at radius 3 is 2.90 bits per heavy atom. The van der Waals surface area contributed by atoms with Crippen molar-refractivity contribution in [2.45, 2.75) is 38.6 Å². The van der Waals surface area contributed by atoms with Crippen molar-refractivity contribution >= 4 is 5.91 Å². The number of para-hydroxylation sites is 1. The molecule has 0 fully saturated rings. The first-order chi connectivity index (χ1) is 9.67. The molecule has 0 spiro atoms. The molecule has 1 unspecified atom stereocenters. The van der Waals surface area contributed by atoms with Gasteiger partial charge in [0.1, 0.15) is 6.04 Å². The largest absolute Gasteiger partial charge is 0.491 e. The zero-order valence-corrected chi connectivity index (χ0v) is 11.6. The quantitative estimate of drug-likeness (QED) is 0.744. The number of rotatable bonds is 8. The Balaban J connectivity index is 2.23. The van der Waals surface area contributed by atoms with Crippen LogP contribution in [0.3, 0.4) is 0 Å². The van der Waals surface area contributed by atoms with E-state index in [4.69, 9.17) is 10.00 Å². The maximum Gasteiger partial charge on any atom is 0.221 e. The van der Waals surface area contributed by atoms with Gasteiger partial charge >= 0.3 is 0 Å². The molecule has 1 amide bonds. The fourth-order valence-corrected chi connectivity index (χ4v) is 1.70. The zero-order valence-electron chi connectivity index (χ0n) is 11.6. The van der Waals surface area contributed by atoms with E-state index in [1.54, 1.807) is 18.2 Å². The first-order valence-corrected chi connectivity index (χ1v) is 6.73. The number of carbonyl (C=O) groups is 1. The number of nitrogens with zero attached hydrogens (tertiary/aromatic N) is 1. The van der Waals surface area contributed by atoms with Gasteiger partial charge in [-0.25, -0.2) is 4.39 Å². The van der Waals surface area contributed by atoms with Crippen molar-refractivity contribution in [3.63, 3.8) is 0 Å². The van der Waals surface area contributed by atoms with Gasteiger partial charge in [0.25, 0.3) is 0 Å². The van der Waals surface area contributed by atoms with Crippen molar-refractivity contribution in [2.24, 2.45) is 0 Å². The second-order valence-electron chi connectivity index (χ2n) is 4.42. The molecule has 0 saturated heterocycles. The normalized spacial score (nSPS) is 11.4. The smallest absolute Gasteiger partial charge is 0.221 e. The summed E-state index contributed by atoms with van der Waals surface area (Å²) in [5, 5.41) is 11.5. The van der Waals surface area contributed by atoms with Gasteiger partial charge in [-0.2, -0.15) is 5.26 Å². The van der Waals surface area contributed by atoms with Gasteiger partial charge in [0.15, 0.2) is 11.6 Å². The highest BCUT2D eigenvalue weighted by Gasteiger charge is 2.10. The maximum absolute atomic E-state index is 13.2. The summed E-state index contributed by atoms with van der Waals surface area (Å²) in [6, 6.07) is 7.76. The molecule has 108 valence electrons. The highest BCUT2D eigenvalue weighted by Crippen LogP contribution is 2.15. The number of nitriles is 1. The van der Waals surface area contributed by atoms with Crippen LogP contribution >= 0.6 is 0 Å². The predicted molar refractivity (Wildman–Crippen MR) is 73.6 cm³/mol. The molecule has 1 atom stereocenters. The van der Waals surface area contributed by atoms with Crippen molar-refractivity contribution in [2.75, 3.05) is 6.61 Å². The number of hydrogen-bond donors (Lipinski definition) is 1. The lowest BCUT2D eigenvalue weighted by Gasteiger charge is -2.10.